The average molecular weight is 166 g/mol. The van der Waals surface area contributed by atoms with Crippen LogP contribution in [0.4, 0.5) is 4.39 Å². The van der Waals surface area contributed by atoms with E-state index >= 15 is 0 Å². The summed E-state index contributed by atoms with van der Waals surface area (Å²) in [6.07, 6.45) is 0. The highest BCUT2D eigenvalue weighted by Gasteiger charge is 1.95. The number of hydrogen-bond acceptors (Lipinski definition) is 1. The lowest BCUT2D eigenvalue weighted by Crippen LogP contribution is -1.78. The second kappa shape index (κ2) is 2.50. The quantitative estimate of drug-likeness (QED) is 0.539. The van der Waals surface area contributed by atoms with Gasteiger partial charge in [0.05, 0.1) is 0 Å². The predicted octanol–water partition coefficient (Wildman–Crippen LogP) is 2.53. The van der Waals surface area contributed by atoms with Gasteiger partial charge in [0.25, 0.3) is 0 Å². The summed E-state index contributed by atoms with van der Waals surface area (Å²) in [6, 6.07) is 2.18. The third-order valence-electron chi connectivity index (χ3n) is 0.728. The van der Waals surface area contributed by atoms with E-state index in [2.05, 4.69) is 4.98 Å². The molecular weight excluding hydrogens is 164 g/mol. The highest BCUT2D eigenvalue weighted by atomic mass is 35.5. The van der Waals surface area contributed by atoms with Crippen LogP contribution >= 0.6 is 23.2 Å². The molecule has 0 atom stereocenters. The van der Waals surface area contributed by atoms with E-state index in [4.69, 9.17) is 23.2 Å². The molecule has 0 aromatic carbocycles. The predicted molar refractivity (Wildman–Crippen MR) is 34.2 cm³/mol. The van der Waals surface area contributed by atoms with E-state index in [1.54, 1.807) is 0 Å². The van der Waals surface area contributed by atoms with Crippen molar-refractivity contribution in [2.45, 2.75) is 0 Å². The fourth-order valence-electron chi connectivity index (χ4n) is 0.436. The first kappa shape index (κ1) is 6.78. The molecule has 1 nitrogen and oxygen atoms in total. The molecule has 0 amide bonds. The van der Waals surface area contributed by atoms with Gasteiger partial charge in [-0.2, -0.15) is 0 Å². The van der Waals surface area contributed by atoms with Crippen molar-refractivity contribution in [2.24, 2.45) is 0 Å². The van der Waals surface area contributed by atoms with Gasteiger partial charge in [-0.15, -0.1) is 0 Å². The number of pyridine rings is 1. The van der Waals surface area contributed by atoms with Gasteiger partial charge < -0.3 is 0 Å². The van der Waals surface area contributed by atoms with Gasteiger partial charge in [0, 0.05) is 12.1 Å². The van der Waals surface area contributed by atoms with Crippen LogP contribution in [0.25, 0.3) is 0 Å². The van der Waals surface area contributed by atoms with Crippen LogP contribution < -0.4 is 0 Å². The third-order valence-corrected chi connectivity index (χ3v) is 1.11. The molecular formula is C5H2Cl2FN. The Morgan fingerprint density at radius 1 is 1.22 bits per heavy atom. The zero-order valence-corrected chi connectivity index (χ0v) is 5.75. The van der Waals surface area contributed by atoms with Gasteiger partial charge in [-0.05, 0) is 0 Å². The van der Waals surface area contributed by atoms with Gasteiger partial charge in [0.1, 0.15) is 16.1 Å². The first-order valence-corrected chi connectivity index (χ1v) is 2.92. The van der Waals surface area contributed by atoms with E-state index in [0.29, 0.717) is 0 Å². The Hall–Kier alpha value is -0.340. The average Bonchev–Trinajstić information content (AvgIpc) is 1.59. The van der Waals surface area contributed by atoms with Crippen molar-refractivity contribution < 1.29 is 4.39 Å². The summed E-state index contributed by atoms with van der Waals surface area (Å²) < 4.78 is 12.2. The van der Waals surface area contributed by atoms with Crippen LogP contribution in [-0.2, 0) is 0 Å². The maximum absolute atomic E-state index is 12.2. The Bertz CT molecular complexity index is 176. The first-order chi connectivity index (χ1) is 4.18. The zero-order chi connectivity index (χ0) is 6.85. The van der Waals surface area contributed by atoms with Crippen LogP contribution in [0, 0.1) is 5.82 Å². The Kier molecular flexibility index (Phi) is 1.88. The van der Waals surface area contributed by atoms with Crippen LogP contribution in [0.2, 0.25) is 10.3 Å². The molecule has 0 unspecified atom stereocenters. The Labute approximate surface area is 61.4 Å². The second-order valence-corrected chi connectivity index (χ2v) is 2.21. The summed E-state index contributed by atoms with van der Waals surface area (Å²) in [7, 11) is 0. The van der Waals surface area contributed by atoms with E-state index in [0.717, 1.165) is 12.1 Å². The van der Waals surface area contributed by atoms with Crippen LogP contribution in [0.1, 0.15) is 0 Å². The number of hydrogen-bond donors (Lipinski definition) is 0. The van der Waals surface area contributed by atoms with Gasteiger partial charge in [-0.1, -0.05) is 23.2 Å². The second-order valence-electron chi connectivity index (χ2n) is 1.43. The molecule has 0 aliphatic rings. The lowest BCUT2D eigenvalue weighted by Gasteiger charge is -1.89. The minimum Gasteiger partial charge on any atom is -0.224 e. The van der Waals surface area contributed by atoms with Crippen LogP contribution in [0.15, 0.2) is 12.1 Å². The Balaban J connectivity index is 3.17. The van der Waals surface area contributed by atoms with Crippen molar-refractivity contribution in [2.75, 3.05) is 0 Å². The summed E-state index contributed by atoms with van der Waals surface area (Å²) in [4.78, 5) is 3.53. The lowest BCUT2D eigenvalue weighted by atomic mass is 10.5. The largest absolute Gasteiger partial charge is 0.224 e. The topological polar surface area (TPSA) is 12.9 Å². The molecule has 4 heteroatoms. The van der Waals surface area contributed by atoms with E-state index in [1.165, 1.54) is 0 Å². The molecule has 1 aromatic heterocycles. The maximum Gasteiger partial charge on any atom is 0.133 e. The summed E-state index contributed by atoms with van der Waals surface area (Å²) in [5.41, 5.74) is 0. The van der Waals surface area contributed by atoms with E-state index < -0.39 is 5.82 Å². The molecule has 0 N–H and O–H groups in total. The maximum atomic E-state index is 12.2. The molecule has 0 saturated heterocycles. The number of nitrogens with zero attached hydrogens (tertiary/aromatic N) is 1. The molecule has 1 heterocycles. The van der Waals surface area contributed by atoms with Gasteiger partial charge in [0.2, 0.25) is 0 Å². The van der Waals surface area contributed by atoms with Crippen molar-refractivity contribution in [3.8, 4) is 0 Å². The molecule has 0 bridgehead atoms. The van der Waals surface area contributed by atoms with Gasteiger partial charge in [-0.3, -0.25) is 0 Å². The number of rotatable bonds is 0. The summed E-state index contributed by atoms with van der Waals surface area (Å²) in [6.45, 7) is 0. The lowest BCUT2D eigenvalue weighted by molar-refractivity contribution is 0.626. The van der Waals surface area contributed by atoms with E-state index in [-0.39, 0.29) is 10.3 Å². The fraction of sp³-hybridized carbons (Fsp3) is 0. The van der Waals surface area contributed by atoms with Crippen LogP contribution in [-0.4, -0.2) is 4.98 Å². The standard InChI is InChI=1S/C5H2Cl2FN/c6-4-1-3(8)2-5(7)9-4/h1-2H. The molecule has 1 aromatic rings. The third kappa shape index (κ3) is 1.80. The monoisotopic (exact) mass is 165 g/mol. The number of halogens is 3. The molecule has 0 aliphatic heterocycles. The number of aromatic nitrogens is 1. The molecule has 1 rings (SSSR count). The Morgan fingerprint density at radius 3 is 2.00 bits per heavy atom. The van der Waals surface area contributed by atoms with Crippen molar-refractivity contribution in [3.63, 3.8) is 0 Å². The molecule has 9 heavy (non-hydrogen) atoms. The zero-order valence-electron chi connectivity index (χ0n) is 4.24. The summed E-state index contributed by atoms with van der Waals surface area (Å²) in [5, 5.41) is 0.139. The van der Waals surface area contributed by atoms with Crippen LogP contribution in [0.5, 0.6) is 0 Å². The molecule has 48 valence electrons. The van der Waals surface area contributed by atoms with Crippen molar-refractivity contribution >= 4 is 23.2 Å². The van der Waals surface area contributed by atoms with E-state index in [1.807, 2.05) is 0 Å². The molecule has 0 fully saturated rings. The Morgan fingerprint density at radius 2 is 1.67 bits per heavy atom. The van der Waals surface area contributed by atoms with Gasteiger partial charge in [0.15, 0.2) is 0 Å². The minimum atomic E-state index is -0.472. The normalized spacial score (nSPS) is 9.67. The fourth-order valence-corrected chi connectivity index (χ4v) is 0.870. The van der Waals surface area contributed by atoms with Crippen LogP contribution in [0.3, 0.4) is 0 Å². The van der Waals surface area contributed by atoms with Gasteiger partial charge >= 0.3 is 0 Å². The van der Waals surface area contributed by atoms with Crippen molar-refractivity contribution in [1.82, 2.24) is 4.98 Å². The SMILES string of the molecule is Fc1cc(Cl)nc(Cl)c1. The highest BCUT2D eigenvalue weighted by molar-refractivity contribution is 6.32. The molecule has 0 spiro atoms. The summed E-state index contributed by atoms with van der Waals surface area (Å²) >= 11 is 10.6. The summed E-state index contributed by atoms with van der Waals surface area (Å²) in [5.74, 6) is -0.472. The first-order valence-electron chi connectivity index (χ1n) is 2.17. The highest BCUT2D eigenvalue weighted by Crippen LogP contribution is 2.12. The smallest absolute Gasteiger partial charge is 0.133 e. The van der Waals surface area contributed by atoms with E-state index in [9.17, 15) is 4.39 Å². The van der Waals surface area contributed by atoms with Gasteiger partial charge in [-0.25, -0.2) is 9.37 Å². The molecule has 0 saturated carbocycles. The molecule has 0 radical (unpaired) electrons. The molecule has 0 aliphatic carbocycles. The minimum absolute atomic E-state index is 0.0694. The van der Waals surface area contributed by atoms with Crippen molar-refractivity contribution in [1.29, 1.82) is 0 Å². The van der Waals surface area contributed by atoms with Crippen molar-refractivity contribution in [3.05, 3.63) is 28.3 Å².